The molecule has 110 valence electrons. The van der Waals surface area contributed by atoms with Crippen molar-refractivity contribution in [2.45, 2.75) is 26.4 Å². The highest BCUT2D eigenvalue weighted by atomic mass is 16.5. The second-order valence-electron chi connectivity index (χ2n) is 5.17. The standard InChI is InChI=1S/C15H18N4O2/c1-10-5-12(21-2)6-11(18-10)8-19-9-17-14-7-16-4-3-13(14)15(19)20/h5-6,9,16H,3-4,7-8H2,1-2H3. The molecule has 0 radical (unpaired) electrons. The highest BCUT2D eigenvalue weighted by Crippen LogP contribution is 2.14. The van der Waals surface area contributed by atoms with Crippen molar-refractivity contribution in [3.8, 4) is 5.75 Å². The first-order valence-electron chi connectivity index (χ1n) is 6.97. The number of hydrogen-bond acceptors (Lipinski definition) is 5. The zero-order chi connectivity index (χ0) is 14.8. The molecule has 21 heavy (non-hydrogen) atoms. The second-order valence-corrected chi connectivity index (χ2v) is 5.17. The van der Waals surface area contributed by atoms with Gasteiger partial charge in [0, 0.05) is 29.9 Å². The van der Waals surface area contributed by atoms with E-state index in [0.717, 1.165) is 41.4 Å². The van der Waals surface area contributed by atoms with Crippen LogP contribution in [0.1, 0.15) is 22.6 Å². The van der Waals surface area contributed by atoms with E-state index in [4.69, 9.17) is 4.74 Å². The molecule has 6 heteroatoms. The normalized spacial score (nSPS) is 13.8. The predicted molar refractivity (Wildman–Crippen MR) is 78.5 cm³/mol. The number of aromatic nitrogens is 3. The van der Waals surface area contributed by atoms with Gasteiger partial charge in [-0.15, -0.1) is 0 Å². The Kier molecular flexibility index (Phi) is 3.70. The summed E-state index contributed by atoms with van der Waals surface area (Å²) < 4.78 is 6.86. The summed E-state index contributed by atoms with van der Waals surface area (Å²) in [6, 6.07) is 3.71. The van der Waals surface area contributed by atoms with Crippen LogP contribution in [-0.2, 0) is 19.5 Å². The Morgan fingerprint density at radius 1 is 1.43 bits per heavy atom. The number of ether oxygens (including phenoxy) is 1. The molecule has 1 aliphatic heterocycles. The molecule has 0 bridgehead atoms. The summed E-state index contributed by atoms with van der Waals surface area (Å²) in [5.74, 6) is 0.751. The molecule has 6 nitrogen and oxygen atoms in total. The van der Waals surface area contributed by atoms with Crippen molar-refractivity contribution in [1.29, 1.82) is 0 Å². The van der Waals surface area contributed by atoms with Crippen LogP contribution in [0.15, 0.2) is 23.3 Å². The predicted octanol–water partition coefficient (Wildman–Crippen LogP) is 0.649. The van der Waals surface area contributed by atoms with Crippen LogP contribution in [0.3, 0.4) is 0 Å². The van der Waals surface area contributed by atoms with Crippen molar-refractivity contribution in [3.05, 3.63) is 51.5 Å². The molecule has 0 spiro atoms. The molecule has 0 amide bonds. The molecular weight excluding hydrogens is 268 g/mol. The maximum atomic E-state index is 12.5. The summed E-state index contributed by atoms with van der Waals surface area (Å²) >= 11 is 0. The number of hydrogen-bond donors (Lipinski definition) is 1. The topological polar surface area (TPSA) is 69.0 Å². The number of aryl methyl sites for hydroxylation is 1. The number of rotatable bonds is 3. The lowest BCUT2D eigenvalue weighted by Gasteiger charge is -2.17. The molecule has 0 fully saturated rings. The molecule has 0 aliphatic carbocycles. The van der Waals surface area contributed by atoms with E-state index in [9.17, 15) is 4.79 Å². The lowest BCUT2D eigenvalue weighted by Crippen LogP contribution is -2.34. The minimum Gasteiger partial charge on any atom is -0.497 e. The number of fused-ring (bicyclic) bond motifs is 1. The van der Waals surface area contributed by atoms with Gasteiger partial charge < -0.3 is 10.1 Å². The van der Waals surface area contributed by atoms with Crippen molar-refractivity contribution in [2.24, 2.45) is 0 Å². The van der Waals surface area contributed by atoms with E-state index in [1.807, 2.05) is 19.1 Å². The summed E-state index contributed by atoms with van der Waals surface area (Å²) in [4.78, 5) is 21.3. The summed E-state index contributed by atoms with van der Waals surface area (Å²) in [5, 5.41) is 3.22. The molecule has 0 atom stereocenters. The van der Waals surface area contributed by atoms with Gasteiger partial charge in [-0.25, -0.2) is 4.98 Å². The van der Waals surface area contributed by atoms with Gasteiger partial charge in [0.25, 0.3) is 5.56 Å². The van der Waals surface area contributed by atoms with E-state index in [2.05, 4.69) is 15.3 Å². The third kappa shape index (κ3) is 2.80. The van der Waals surface area contributed by atoms with E-state index in [-0.39, 0.29) is 5.56 Å². The first kappa shape index (κ1) is 13.8. The quantitative estimate of drug-likeness (QED) is 0.897. The molecular formula is C15H18N4O2. The molecule has 2 aromatic heterocycles. The fourth-order valence-corrected chi connectivity index (χ4v) is 2.58. The molecule has 1 N–H and O–H groups in total. The van der Waals surface area contributed by atoms with E-state index >= 15 is 0 Å². The van der Waals surface area contributed by atoms with E-state index in [1.54, 1.807) is 18.0 Å². The van der Waals surface area contributed by atoms with Crippen LogP contribution in [0.5, 0.6) is 5.75 Å². The average Bonchev–Trinajstić information content (AvgIpc) is 2.50. The van der Waals surface area contributed by atoms with Crippen molar-refractivity contribution < 1.29 is 4.74 Å². The zero-order valence-electron chi connectivity index (χ0n) is 12.2. The lowest BCUT2D eigenvalue weighted by atomic mass is 10.1. The van der Waals surface area contributed by atoms with Crippen LogP contribution in [0, 0.1) is 6.92 Å². The third-order valence-electron chi connectivity index (χ3n) is 3.61. The van der Waals surface area contributed by atoms with Gasteiger partial charge in [-0.3, -0.25) is 14.3 Å². The number of nitrogens with zero attached hydrogens (tertiary/aromatic N) is 3. The molecule has 3 rings (SSSR count). The van der Waals surface area contributed by atoms with Crippen molar-refractivity contribution in [3.63, 3.8) is 0 Å². The van der Waals surface area contributed by atoms with Gasteiger partial charge in [-0.1, -0.05) is 0 Å². The Morgan fingerprint density at radius 2 is 2.29 bits per heavy atom. The smallest absolute Gasteiger partial charge is 0.257 e. The Hall–Kier alpha value is -2.21. The van der Waals surface area contributed by atoms with Gasteiger partial charge in [0.1, 0.15) is 5.75 Å². The van der Waals surface area contributed by atoms with Gasteiger partial charge >= 0.3 is 0 Å². The number of pyridine rings is 1. The molecule has 0 unspecified atom stereocenters. The second kappa shape index (κ2) is 5.65. The summed E-state index contributed by atoms with van der Waals surface area (Å²) in [6.07, 6.45) is 2.33. The number of nitrogens with one attached hydrogen (secondary N) is 1. The molecule has 0 saturated carbocycles. The SMILES string of the molecule is COc1cc(C)nc(Cn2cnc3c(c2=O)CCNC3)c1. The fourth-order valence-electron chi connectivity index (χ4n) is 2.58. The first-order valence-corrected chi connectivity index (χ1v) is 6.97. The van der Waals surface area contributed by atoms with Crippen LogP contribution < -0.4 is 15.6 Å². The maximum absolute atomic E-state index is 12.5. The van der Waals surface area contributed by atoms with Crippen molar-refractivity contribution >= 4 is 0 Å². The fraction of sp³-hybridized carbons (Fsp3) is 0.400. The minimum absolute atomic E-state index is 0.0313. The van der Waals surface area contributed by atoms with Crippen LogP contribution in [0.4, 0.5) is 0 Å². The Balaban J connectivity index is 1.95. The Bertz CT molecular complexity index is 724. The van der Waals surface area contributed by atoms with Gasteiger partial charge in [0.15, 0.2) is 0 Å². The monoisotopic (exact) mass is 286 g/mol. The molecule has 0 saturated heterocycles. The van der Waals surface area contributed by atoms with Gasteiger partial charge in [-0.05, 0) is 19.9 Å². The summed E-state index contributed by atoms with van der Waals surface area (Å²) in [6.45, 7) is 3.81. The Morgan fingerprint density at radius 3 is 3.10 bits per heavy atom. The zero-order valence-corrected chi connectivity index (χ0v) is 12.2. The van der Waals surface area contributed by atoms with Crippen molar-refractivity contribution in [2.75, 3.05) is 13.7 Å². The van der Waals surface area contributed by atoms with Crippen molar-refractivity contribution in [1.82, 2.24) is 19.9 Å². The van der Waals surface area contributed by atoms with E-state index < -0.39 is 0 Å². The van der Waals surface area contributed by atoms with E-state index in [1.165, 1.54) is 0 Å². The molecule has 3 heterocycles. The molecule has 2 aromatic rings. The van der Waals surface area contributed by atoms with Crippen LogP contribution in [0.2, 0.25) is 0 Å². The highest BCUT2D eigenvalue weighted by molar-refractivity contribution is 5.27. The third-order valence-corrected chi connectivity index (χ3v) is 3.61. The van der Waals surface area contributed by atoms with Gasteiger partial charge in [0.05, 0.1) is 31.4 Å². The average molecular weight is 286 g/mol. The highest BCUT2D eigenvalue weighted by Gasteiger charge is 2.15. The molecule has 0 aromatic carbocycles. The van der Waals surface area contributed by atoms with Gasteiger partial charge in [0.2, 0.25) is 0 Å². The number of methoxy groups -OCH3 is 1. The largest absolute Gasteiger partial charge is 0.497 e. The van der Waals surface area contributed by atoms with Gasteiger partial charge in [-0.2, -0.15) is 0 Å². The minimum atomic E-state index is 0.0313. The van der Waals surface area contributed by atoms with E-state index in [0.29, 0.717) is 13.1 Å². The van der Waals surface area contributed by atoms with Crippen LogP contribution in [0.25, 0.3) is 0 Å². The summed E-state index contributed by atoms with van der Waals surface area (Å²) in [7, 11) is 1.62. The Labute approximate surface area is 122 Å². The molecule has 1 aliphatic rings. The lowest BCUT2D eigenvalue weighted by molar-refractivity contribution is 0.412. The van der Waals surface area contributed by atoms with Crippen LogP contribution in [-0.4, -0.2) is 28.2 Å². The first-order chi connectivity index (χ1) is 10.2. The maximum Gasteiger partial charge on any atom is 0.257 e. The van der Waals surface area contributed by atoms with Crippen LogP contribution >= 0.6 is 0 Å². The summed E-state index contributed by atoms with van der Waals surface area (Å²) in [5.41, 5.74) is 3.37.